The van der Waals surface area contributed by atoms with E-state index in [0.29, 0.717) is 12.3 Å². The molecule has 108 valence electrons. The van der Waals surface area contributed by atoms with E-state index in [-0.39, 0.29) is 0 Å². The predicted octanol–water partition coefficient (Wildman–Crippen LogP) is 4.58. The Morgan fingerprint density at radius 1 is 1.24 bits per heavy atom. The van der Waals surface area contributed by atoms with Crippen LogP contribution in [0.25, 0.3) is 16.7 Å². The van der Waals surface area contributed by atoms with E-state index in [1.54, 1.807) is 7.11 Å². The van der Waals surface area contributed by atoms with Crippen LogP contribution in [0.5, 0.6) is 5.75 Å². The second kappa shape index (κ2) is 6.08. The third-order valence-electron chi connectivity index (χ3n) is 3.34. The van der Waals surface area contributed by atoms with E-state index in [1.165, 1.54) is 0 Å². The predicted molar refractivity (Wildman–Crippen MR) is 89.7 cm³/mol. The summed E-state index contributed by atoms with van der Waals surface area (Å²) in [7, 11) is 1.66. The summed E-state index contributed by atoms with van der Waals surface area (Å²) < 4.78 is 8.44. The van der Waals surface area contributed by atoms with Gasteiger partial charge in [-0.25, -0.2) is 4.98 Å². The van der Waals surface area contributed by atoms with Crippen LogP contribution in [0.4, 0.5) is 0 Å². The molecule has 0 saturated heterocycles. The minimum absolute atomic E-state index is 0.533. The molecule has 3 aromatic rings. The number of nitrogens with zero attached hydrogens (tertiary/aromatic N) is 2. The number of imidazole rings is 1. The third kappa shape index (κ3) is 2.65. The average Bonchev–Trinajstić information content (AvgIpc) is 2.85. The molecule has 3 rings (SSSR count). The van der Waals surface area contributed by atoms with Crippen LogP contribution in [-0.4, -0.2) is 22.5 Å². The summed E-state index contributed by atoms with van der Waals surface area (Å²) in [5.41, 5.74) is 3.01. The first-order chi connectivity index (χ1) is 10.2. The second-order valence-electron chi connectivity index (χ2n) is 4.61. The van der Waals surface area contributed by atoms with Crippen molar-refractivity contribution in [1.82, 2.24) is 9.55 Å². The highest BCUT2D eigenvalue weighted by Crippen LogP contribution is 2.29. The van der Waals surface area contributed by atoms with Crippen LogP contribution in [0.1, 0.15) is 5.82 Å². The fourth-order valence-corrected chi connectivity index (χ4v) is 3.02. The highest BCUT2D eigenvalue weighted by molar-refractivity contribution is 9.10. The summed E-state index contributed by atoms with van der Waals surface area (Å²) >= 11 is 9.54. The van der Waals surface area contributed by atoms with Gasteiger partial charge in [0.2, 0.25) is 0 Å². The number of hydrogen-bond acceptors (Lipinski definition) is 2. The summed E-state index contributed by atoms with van der Waals surface area (Å²) in [5.74, 6) is 2.28. The Kier molecular flexibility index (Phi) is 4.17. The minimum atomic E-state index is 0.533. The molecule has 0 aliphatic heterocycles. The number of fused-ring (bicyclic) bond motifs is 1. The largest absolute Gasteiger partial charge is 0.497 e. The molecule has 0 unspecified atom stereocenters. The highest BCUT2D eigenvalue weighted by Gasteiger charge is 2.14. The average molecular weight is 366 g/mol. The van der Waals surface area contributed by atoms with Crippen molar-refractivity contribution in [3.8, 4) is 11.4 Å². The lowest BCUT2D eigenvalue weighted by molar-refractivity contribution is 0.415. The van der Waals surface area contributed by atoms with Gasteiger partial charge < -0.3 is 4.74 Å². The maximum absolute atomic E-state index is 5.93. The van der Waals surface area contributed by atoms with Gasteiger partial charge in [0.25, 0.3) is 0 Å². The Bertz CT molecular complexity index is 785. The van der Waals surface area contributed by atoms with E-state index in [9.17, 15) is 0 Å². The normalized spacial score (nSPS) is 11.0. The van der Waals surface area contributed by atoms with Crippen LogP contribution >= 0.6 is 27.5 Å². The number of alkyl halides is 1. The molecule has 1 aromatic heterocycles. The molecule has 0 aliphatic rings. The van der Waals surface area contributed by atoms with E-state index in [1.807, 2.05) is 36.4 Å². The summed E-state index contributed by atoms with van der Waals surface area (Å²) in [6.45, 7) is 0. The third-order valence-corrected chi connectivity index (χ3v) is 4.20. The van der Waals surface area contributed by atoms with Crippen LogP contribution in [0.15, 0.2) is 46.9 Å². The van der Waals surface area contributed by atoms with Gasteiger partial charge in [-0.3, -0.25) is 4.57 Å². The molecule has 0 aliphatic carbocycles. The molecule has 0 saturated carbocycles. The highest BCUT2D eigenvalue weighted by atomic mass is 79.9. The molecule has 0 fully saturated rings. The first kappa shape index (κ1) is 14.4. The number of rotatable bonds is 4. The topological polar surface area (TPSA) is 27.1 Å². The molecule has 2 aromatic carbocycles. The molecule has 0 radical (unpaired) electrons. The van der Waals surface area contributed by atoms with Crippen molar-refractivity contribution in [2.45, 2.75) is 6.42 Å². The van der Waals surface area contributed by atoms with Crippen LogP contribution in [0, 0.1) is 0 Å². The van der Waals surface area contributed by atoms with Crippen molar-refractivity contribution in [1.29, 1.82) is 0 Å². The number of halogens is 2. The second-order valence-corrected chi connectivity index (χ2v) is 5.84. The van der Waals surface area contributed by atoms with Crippen LogP contribution < -0.4 is 4.74 Å². The molecule has 5 heteroatoms. The number of ether oxygens (including phenoxy) is 1. The monoisotopic (exact) mass is 364 g/mol. The molecule has 0 atom stereocenters. The van der Waals surface area contributed by atoms with E-state index in [2.05, 4.69) is 26.6 Å². The van der Waals surface area contributed by atoms with Crippen molar-refractivity contribution in [3.05, 3.63) is 52.8 Å². The van der Waals surface area contributed by atoms with Gasteiger partial charge >= 0.3 is 0 Å². The fourth-order valence-electron chi connectivity index (χ4n) is 2.39. The lowest BCUT2D eigenvalue weighted by Crippen LogP contribution is -2.02. The molecular weight excluding hydrogens is 352 g/mol. The van der Waals surface area contributed by atoms with E-state index >= 15 is 0 Å². The van der Waals surface area contributed by atoms with E-state index in [0.717, 1.165) is 32.8 Å². The standard InChI is InChI=1S/C16H14BrClN2O/c1-21-11-6-7-15-13(10-11)19-16(8-9-18)20(15)14-5-3-2-4-12(14)17/h2-7,10H,8-9H2,1H3. The molecule has 0 spiro atoms. The van der Waals surface area contributed by atoms with Crippen molar-refractivity contribution in [3.63, 3.8) is 0 Å². The van der Waals surface area contributed by atoms with Crippen molar-refractivity contribution in [2.75, 3.05) is 13.0 Å². The fraction of sp³-hybridized carbons (Fsp3) is 0.188. The smallest absolute Gasteiger partial charge is 0.121 e. The van der Waals surface area contributed by atoms with Crippen LogP contribution in [0.3, 0.4) is 0 Å². The zero-order valence-corrected chi connectivity index (χ0v) is 13.9. The molecule has 0 N–H and O–H groups in total. The van der Waals surface area contributed by atoms with Gasteiger partial charge in [0.05, 0.1) is 23.8 Å². The molecule has 1 heterocycles. The Hall–Kier alpha value is -1.52. The quantitative estimate of drug-likeness (QED) is 0.633. The maximum Gasteiger partial charge on any atom is 0.121 e. The number of aromatic nitrogens is 2. The molecule has 0 amide bonds. The summed E-state index contributed by atoms with van der Waals surface area (Å²) in [6.07, 6.45) is 0.708. The number of para-hydroxylation sites is 1. The van der Waals surface area contributed by atoms with Crippen LogP contribution in [0.2, 0.25) is 0 Å². The van der Waals surface area contributed by atoms with E-state index < -0.39 is 0 Å². The summed E-state index contributed by atoms with van der Waals surface area (Å²) in [6, 6.07) is 14.0. The number of aryl methyl sites for hydroxylation is 1. The number of hydrogen-bond donors (Lipinski definition) is 0. The zero-order chi connectivity index (χ0) is 14.8. The Morgan fingerprint density at radius 3 is 2.76 bits per heavy atom. The number of methoxy groups -OCH3 is 1. The minimum Gasteiger partial charge on any atom is -0.497 e. The van der Waals surface area contributed by atoms with Crippen molar-refractivity contribution in [2.24, 2.45) is 0 Å². The molecular formula is C16H14BrClN2O. The van der Waals surface area contributed by atoms with Gasteiger partial charge in [-0.15, -0.1) is 11.6 Å². The van der Waals surface area contributed by atoms with Crippen molar-refractivity contribution >= 4 is 38.6 Å². The van der Waals surface area contributed by atoms with Crippen LogP contribution in [-0.2, 0) is 6.42 Å². The van der Waals surface area contributed by atoms with Gasteiger partial charge in [0.15, 0.2) is 0 Å². The lowest BCUT2D eigenvalue weighted by atomic mass is 10.2. The number of benzene rings is 2. The van der Waals surface area contributed by atoms with Gasteiger partial charge in [0, 0.05) is 22.8 Å². The summed E-state index contributed by atoms with van der Waals surface area (Å²) in [5, 5.41) is 0. The van der Waals surface area contributed by atoms with Gasteiger partial charge in [-0.05, 0) is 40.2 Å². The lowest BCUT2D eigenvalue weighted by Gasteiger charge is -2.10. The zero-order valence-electron chi connectivity index (χ0n) is 11.5. The molecule has 0 bridgehead atoms. The van der Waals surface area contributed by atoms with Gasteiger partial charge in [-0.2, -0.15) is 0 Å². The SMILES string of the molecule is COc1ccc2c(c1)nc(CCCl)n2-c1ccccc1Br. The Morgan fingerprint density at radius 2 is 2.05 bits per heavy atom. The van der Waals surface area contributed by atoms with E-state index in [4.69, 9.17) is 21.3 Å². The van der Waals surface area contributed by atoms with Gasteiger partial charge in [0.1, 0.15) is 11.6 Å². The summed E-state index contributed by atoms with van der Waals surface area (Å²) in [4.78, 5) is 4.71. The van der Waals surface area contributed by atoms with Crippen molar-refractivity contribution < 1.29 is 4.74 Å². The maximum atomic E-state index is 5.93. The van der Waals surface area contributed by atoms with Gasteiger partial charge in [-0.1, -0.05) is 12.1 Å². The Labute approximate surface area is 136 Å². The first-order valence-electron chi connectivity index (χ1n) is 6.61. The molecule has 21 heavy (non-hydrogen) atoms. The first-order valence-corrected chi connectivity index (χ1v) is 7.93. The molecule has 3 nitrogen and oxygen atoms in total. The Balaban J connectivity index is 2.28.